The van der Waals surface area contributed by atoms with Crippen molar-refractivity contribution in [2.45, 2.75) is 62.3 Å². The number of thiazole rings is 1. The molecule has 198 valence electrons. The molecule has 9 heteroatoms. The van der Waals surface area contributed by atoms with Crippen LogP contribution < -0.4 is 0 Å². The smallest absolute Gasteiger partial charge is 0.145 e. The highest BCUT2D eigenvalue weighted by Gasteiger charge is 2.69. The molecule has 4 aromatic rings. The number of aliphatic hydroxyl groups is 1. The fourth-order valence-corrected chi connectivity index (χ4v) is 9.50. The van der Waals surface area contributed by atoms with Gasteiger partial charge < -0.3 is 14.4 Å². The van der Waals surface area contributed by atoms with E-state index in [1.807, 2.05) is 30.3 Å². The monoisotopic (exact) mass is 577 g/mol. The Morgan fingerprint density at radius 1 is 1.15 bits per heavy atom. The first kappa shape index (κ1) is 24.3. The Balaban J connectivity index is 1.09. The van der Waals surface area contributed by atoms with Crippen LogP contribution in [-0.4, -0.2) is 20.8 Å². The summed E-state index contributed by atoms with van der Waals surface area (Å²) in [5.41, 5.74) is 2.53. The molecule has 0 saturated heterocycles. The van der Waals surface area contributed by atoms with Gasteiger partial charge in [0.05, 0.1) is 44.1 Å². The quantitative estimate of drug-likeness (QED) is 0.253. The molecule has 0 aliphatic heterocycles. The highest BCUT2D eigenvalue weighted by molar-refractivity contribution is 7.18. The predicted octanol–water partition coefficient (Wildman–Crippen LogP) is 7.60. The van der Waals surface area contributed by atoms with Gasteiger partial charge in [-0.25, -0.2) is 4.98 Å². The number of benzene rings is 2. The maximum absolute atomic E-state index is 12.2. The fraction of sp³-hybridized carbons (Fsp3) is 0.433. The summed E-state index contributed by atoms with van der Waals surface area (Å²) in [5, 5.41) is 27.8. The minimum atomic E-state index is -0.947. The largest absolute Gasteiger partial charge is 0.382 e. The minimum Gasteiger partial charge on any atom is -0.382 e. The molecular formula is C30H25Cl2N3O3S. The van der Waals surface area contributed by atoms with Gasteiger partial charge >= 0.3 is 0 Å². The number of hydrogen-bond acceptors (Lipinski definition) is 7. The standard InChI is InChI=1S/C30H25Cl2N3O3S/c31-21-2-1-3-22(32)25(21)26-19(27(38-35-26)16-5-6-16)14-37-29-10-17-9-18(11-29)30(36,20(17)12-29)28-34-23-7-4-15(13-33)8-24(23)39-28/h1-4,7-8,16-18,20,36H,5-6,9-12,14H2/t17?,18?,20-,29+,30-/m1/s1. The van der Waals surface area contributed by atoms with Gasteiger partial charge in [-0.15, -0.1) is 11.3 Å². The average Bonchev–Trinajstić information content (AvgIpc) is 3.37. The first-order chi connectivity index (χ1) is 18.9. The minimum absolute atomic E-state index is 0.0915. The van der Waals surface area contributed by atoms with Crippen molar-refractivity contribution < 1.29 is 14.4 Å². The zero-order chi connectivity index (χ0) is 26.5. The Labute approximate surface area is 239 Å². The molecule has 5 fully saturated rings. The Morgan fingerprint density at radius 2 is 1.97 bits per heavy atom. The normalized spacial score (nSPS) is 30.9. The SMILES string of the molecule is N#Cc1ccc2nc([C@@]3(O)C4CC5C[C@](OCc6c(-c7c(Cl)cccc7Cl)noc6C6CC6)(C4)C[C@H]53)sc2c1. The van der Waals surface area contributed by atoms with Crippen LogP contribution in [0.5, 0.6) is 0 Å². The maximum atomic E-state index is 12.2. The van der Waals surface area contributed by atoms with Crippen LogP contribution in [0.3, 0.4) is 0 Å². The molecule has 2 heterocycles. The fourth-order valence-electron chi connectivity index (χ4n) is 7.68. The summed E-state index contributed by atoms with van der Waals surface area (Å²) in [7, 11) is 0. The molecule has 5 aliphatic carbocycles. The maximum Gasteiger partial charge on any atom is 0.145 e. The van der Waals surface area contributed by atoms with Crippen LogP contribution in [0.1, 0.15) is 66.3 Å². The molecule has 5 aliphatic rings. The van der Waals surface area contributed by atoms with E-state index in [1.165, 1.54) is 11.3 Å². The number of nitriles is 1. The first-order valence-electron chi connectivity index (χ1n) is 13.5. The molecule has 2 unspecified atom stereocenters. The summed E-state index contributed by atoms with van der Waals surface area (Å²) in [6.07, 6.45) is 5.69. The number of halogens is 2. The zero-order valence-electron chi connectivity index (χ0n) is 21.0. The summed E-state index contributed by atoms with van der Waals surface area (Å²) in [4.78, 5) is 4.86. The number of fused-ring (bicyclic) bond motifs is 1. The molecule has 2 aromatic heterocycles. The van der Waals surface area contributed by atoms with E-state index in [4.69, 9.17) is 37.4 Å². The van der Waals surface area contributed by atoms with Crippen molar-refractivity contribution in [2.24, 2.45) is 17.8 Å². The molecule has 39 heavy (non-hydrogen) atoms. The Kier molecular flexibility index (Phi) is 5.31. The lowest BCUT2D eigenvalue weighted by Gasteiger charge is -2.45. The van der Waals surface area contributed by atoms with E-state index in [0.29, 0.717) is 45.3 Å². The lowest BCUT2D eigenvalue weighted by atomic mass is 9.70. The Morgan fingerprint density at radius 3 is 2.72 bits per heavy atom. The molecule has 2 aromatic carbocycles. The number of nitrogens with zero attached hydrogens (tertiary/aromatic N) is 3. The van der Waals surface area contributed by atoms with Crippen molar-refractivity contribution in [3.63, 3.8) is 0 Å². The van der Waals surface area contributed by atoms with Crippen molar-refractivity contribution in [3.05, 3.63) is 68.3 Å². The lowest BCUT2D eigenvalue weighted by Crippen LogP contribution is -2.48. The average molecular weight is 579 g/mol. The third-order valence-electron chi connectivity index (χ3n) is 9.54. The van der Waals surface area contributed by atoms with E-state index >= 15 is 0 Å². The van der Waals surface area contributed by atoms with Crippen LogP contribution in [-0.2, 0) is 16.9 Å². The summed E-state index contributed by atoms with van der Waals surface area (Å²) in [6.45, 7) is 0.384. The summed E-state index contributed by atoms with van der Waals surface area (Å²) in [6, 6.07) is 13.2. The Hall–Kier alpha value is -2.47. The number of rotatable bonds is 6. The third-order valence-corrected chi connectivity index (χ3v) is 11.3. The second-order valence-electron chi connectivity index (χ2n) is 11.8. The van der Waals surface area contributed by atoms with Gasteiger partial charge in [-0.1, -0.05) is 34.4 Å². The van der Waals surface area contributed by atoms with E-state index in [2.05, 4.69) is 11.2 Å². The Bertz CT molecular complexity index is 1670. The van der Waals surface area contributed by atoms with Crippen LogP contribution in [0.2, 0.25) is 10.0 Å². The third kappa shape index (κ3) is 3.59. The molecule has 1 N–H and O–H groups in total. The van der Waals surface area contributed by atoms with Crippen molar-refractivity contribution in [1.29, 1.82) is 5.26 Å². The second-order valence-corrected chi connectivity index (χ2v) is 13.6. The van der Waals surface area contributed by atoms with Gasteiger partial charge in [0.15, 0.2) is 0 Å². The molecule has 5 atom stereocenters. The molecular weight excluding hydrogens is 553 g/mol. The van der Waals surface area contributed by atoms with Crippen molar-refractivity contribution in [2.75, 3.05) is 0 Å². The number of ether oxygens (including phenoxy) is 1. The second kappa shape index (κ2) is 8.52. The topological polar surface area (TPSA) is 92.2 Å². The number of aromatic nitrogens is 2. The van der Waals surface area contributed by atoms with Gasteiger partial charge in [0.1, 0.15) is 22.1 Å². The van der Waals surface area contributed by atoms with E-state index in [9.17, 15) is 10.4 Å². The molecule has 5 saturated carbocycles. The molecule has 6 nitrogen and oxygen atoms in total. The van der Waals surface area contributed by atoms with Gasteiger partial charge in [0, 0.05) is 23.0 Å². The summed E-state index contributed by atoms with van der Waals surface area (Å²) >= 11 is 14.6. The van der Waals surface area contributed by atoms with Crippen molar-refractivity contribution >= 4 is 44.8 Å². The first-order valence-corrected chi connectivity index (χ1v) is 15.1. The molecule has 0 amide bonds. The highest BCUT2D eigenvalue weighted by Crippen LogP contribution is 2.69. The molecule has 0 radical (unpaired) electrons. The van der Waals surface area contributed by atoms with Crippen LogP contribution in [0, 0.1) is 29.1 Å². The van der Waals surface area contributed by atoms with Crippen LogP contribution in [0.15, 0.2) is 40.9 Å². The van der Waals surface area contributed by atoms with Crippen molar-refractivity contribution in [3.8, 4) is 17.3 Å². The van der Waals surface area contributed by atoms with Gasteiger partial charge in [0.2, 0.25) is 0 Å². The zero-order valence-corrected chi connectivity index (χ0v) is 23.3. The molecule has 9 rings (SSSR count). The van der Waals surface area contributed by atoms with Gasteiger partial charge in [-0.05, 0) is 80.7 Å². The van der Waals surface area contributed by atoms with E-state index in [0.717, 1.165) is 65.1 Å². The van der Waals surface area contributed by atoms with Crippen LogP contribution in [0.4, 0.5) is 0 Å². The molecule has 4 bridgehead atoms. The van der Waals surface area contributed by atoms with E-state index < -0.39 is 5.60 Å². The molecule has 0 spiro atoms. The lowest BCUT2D eigenvalue weighted by molar-refractivity contribution is -0.148. The van der Waals surface area contributed by atoms with E-state index in [1.54, 1.807) is 6.07 Å². The van der Waals surface area contributed by atoms with Crippen molar-refractivity contribution in [1.82, 2.24) is 10.1 Å². The van der Waals surface area contributed by atoms with Crippen LogP contribution in [0.25, 0.3) is 21.5 Å². The van der Waals surface area contributed by atoms with Gasteiger partial charge in [-0.2, -0.15) is 5.26 Å². The number of hydrogen-bond donors (Lipinski definition) is 1. The van der Waals surface area contributed by atoms with E-state index in [-0.39, 0.29) is 17.4 Å². The summed E-state index contributed by atoms with van der Waals surface area (Å²) in [5.74, 6) is 1.85. The predicted molar refractivity (Wildman–Crippen MR) is 149 cm³/mol. The van der Waals surface area contributed by atoms with Gasteiger partial charge in [-0.3, -0.25) is 0 Å². The summed E-state index contributed by atoms with van der Waals surface area (Å²) < 4.78 is 13.6. The van der Waals surface area contributed by atoms with Gasteiger partial charge in [0.25, 0.3) is 0 Å². The highest BCUT2D eigenvalue weighted by atomic mass is 35.5. The van der Waals surface area contributed by atoms with Crippen LogP contribution >= 0.6 is 34.5 Å².